The van der Waals surface area contributed by atoms with Crippen molar-refractivity contribution >= 4 is 27.5 Å². The summed E-state index contributed by atoms with van der Waals surface area (Å²) in [5.74, 6) is 0.554. The molecule has 0 aliphatic rings. The lowest BCUT2D eigenvalue weighted by atomic mass is 9.96. The second-order valence-electron chi connectivity index (χ2n) is 5.80. The Kier molecular flexibility index (Phi) is 2.70. The topological polar surface area (TPSA) is 54.7 Å². The van der Waals surface area contributed by atoms with Crippen LogP contribution < -0.4 is 5.73 Å². The first kappa shape index (κ1) is 12.9. The highest BCUT2D eigenvalue weighted by Gasteiger charge is 2.12. The Morgan fingerprint density at radius 1 is 0.955 bits per heavy atom. The number of hydrogen-bond acceptors (Lipinski definition) is 2. The van der Waals surface area contributed by atoms with Crippen LogP contribution in [0.1, 0.15) is 11.1 Å². The number of rotatable bonds is 1. The zero-order valence-corrected chi connectivity index (χ0v) is 12.6. The number of aromatic amines is 1. The van der Waals surface area contributed by atoms with E-state index in [1.54, 1.807) is 0 Å². The third kappa shape index (κ3) is 1.79. The average molecular weight is 287 g/mol. The molecular formula is C19H17N3. The van der Waals surface area contributed by atoms with Gasteiger partial charge < -0.3 is 5.73 Å². The third-order valence-corrected chi connectivity index (χ3v) is 4.37. The number of nitrogens with one attached hydrogen (secondary N) is 1. The summed E-state index contributed by atoms with van der Waals surface area (Å²) in [6.45, 7) is 4.20. The van der Waals surface area contributed by atoms with Crippen LogP contribution in [0, 0.1) is 13.8 Å². The fraction of sp³-hybridized carbons (Fsp3) is 0.105. The number of fused-ring (bicyclic) bond motifs is 2. The van der Waals surface area contributed by atoms with E-state index in [-0.39, 0.29) is 0 Å². The van der Waals surface area contributed by atoms with E-state index in [1.807, 2.05) is 0 Å². The normalized spacial score (nSPS) is 11.4. The monoisotopic (exact) mass is 287 g/mol. The van der Waals surface area contributed by atoms with Crippen molar-refractivity contribution in [2.24, 2.45) is 0 Å². The first-order chi connectivity index (χ1) is 10.6. The van der Waals surface area contributed by atoms with Gasteiger partial charge in [0.2, 0.25) is 0 Å². The highest BCUT2D eigenvalue weighted by molar-refractivity contribution is 6.04. The van der Waals surface area contributed by atoms with Gasteiger partial charge in [0.25, 0.3) is 0 Å². The Morgan fingerprint density at radius 3 is 2.68 bits per heavy atom. The van der Waals surface area contributed by atoms with Crippen LogP contribution in [-0.4, -0.2) is 10.2 Å². The van der Waals surface area contributed by atoms with Gasteiger partial charge in [0.15, 0.2) is 5.82 Å². The molecule has 0 saturated carbocycles. The van der Waals surface area contributed by atoms with Crippen molar-refractivity contribution in [1.82, 2.24) is 10.2 Å². The minimum atomic E-state index is 0.554. The maximum atomic E-state index is 6.08. The smallest absolute Gasteiger partial charge is 0.153 e. The highest BCUT2D eigenvalue weighted by Crippen LogP contribution is 2.34. The Labute approximate surface area is 128 Å². The number of nitrogens with two attached hydrogens (primary N) is 1. The van der Waals surface area contributed by atoms with Crippen molar-refractivity contribution in [3.8, 4) is 11.1 Å². The predicted octanol–water partition coefficient (Wildman–Crippen LogP) is 4.58. The summed E-state index contributed by atoms with van der Waals surface area (Å²) in [7, 11) is 0. The molecule has 0 bridgehead atoms. The first-order valence-electron chi connectivity index (χ1n) is 7.38. The van der Waals surface area contributed by atoms with E-state index < -0.39 is 0 Å². The molecule has 0 radical (unpaired) electrons. The lowest BCUT2D eigenvalue weighted by Gasteiger charge is -2.09. The van der Waals surface area contributed by atoms with Crippen molar-refractivity contribution in [2.75, 3.05) is 5.73 Å². The van der Waals surface area contributed by atoms with Gasteiger partial charge >= 0.3 is 0 Å². The molecule has 3 nitrogen and oxygen atoms in total. The molecule has 1 heterocycles. The van der Waals surface area contributed by atoms with Crippen LogP contribution in [0.5, 0.6) is 0 Å². The number of anilines is 1. The van der Waals surface area contributed by atoms with Crippen LogP contribution in [0.25, 0.3) is 32.8 Å². The van der Waals surface area contributed by atoms with Crippen molar-refractivity contribution in [1.29, 1.82) is 0 Å². The Hall–Kier alpha value is -2.81. The molecule has 3 N–H and O–H groups in total. The average Bonchev–Trinajstić information content (AvgIpc) is 2.91. The van der Waals surface area contributed by atoms with Gasteiger partial charge in [0.05, 0.1) is 10.9 Å². The van der Waals surface area contributed by atoms with Gasteiger partial charge in [-0.2, -0.15) is 5.10 Å². The minimum absolute atomic E-state index is 0.554. The molecule has 1 aromatic heterocycles. The molecule has 3 heteroatoms. The molecule has 0 spiro atoms. The number of H-pyrrole nitrogens is 1. The molecule has 0 saturated heterocycles. The van der Waals surface area contributed by atoms with E-state index in [9.17, 15) is 0 Å². The summed E-state index contributed by atoms with van der Waals surface area (Å²) in [5, 5.41) is 10.7. The second kappa shape index (κ2) is 4.60. The fourth-order valence-corrected chi connectivity index (χ4v) is 3.14. The second-order valence-corrected chi connectivity index (χ2v) is 5.80. The largest absolute Gasteiger partial charge is 0.382 e. The zero-order chi connectivity index (χ0) is 15.3. The summed E-state index contributed by atoms with van der Waals surface area (Å²) in [6.07, 6.45) is 0. The SMILES string of the molecule is Cc1cccc2cc(-c3ccc(C)c4[nH]nc(N)c34)ccc12. The van der Waals surface area contributed by atoms with E-state index in [1.165, 1.54) is 16.3 Å². The number of nitrogen functional groups attached to an aromatic ring is 1. The molecule has 4 rings (SSSR count). The Morgan fingerprint density at radius 2 is 1.82 bits per heavy atom. The minimum Gasteiger partial charge on any atom is -0.382 e. The molecule has 3 aromatic carbocycles. The zero-order valence-electron chi connectivity index (χ0n) is 12.6. The summed E-state index contributed by atoms with van der Waals surface area (Å²) < 4.78 is 0. The quantitative estimate of drug-likeness (QED) is 0.538. The predicted molar refractivity (Wildman–Crippen MR) is 92.9 cm³/mol. The van der Waals surface area contributed by atoms with E-state index in [2.05, 4.69) is 72.6 Å². The van der Waals surface area contributed by atoms with Gasteiger partial charge in [-0.05, 0) is 52.9 Å². The standard InChI is InChI=1S/C19H17N3/c1-11-4-3-5-13-10-14(7-9-15(11)13)16-8-6-12(2)18-17(16)19(20)22-21-18/h3-10H,1-2H3,(H3,20,21,22). The molecule has 4 aromatic rings. The maximum absolute atomic E-state index is 6.08. The molecule has 0 aliphatic heterocycles. The van der Waals surface area contributed by atoms with Gasteiger partial charge in [-0.1, -0.05) is 42.5 Å². The number of benzene rings is 3. The summed E-state index contributed by atoms with van der Waals surface area (Å²) in [4.78, 5) is 0. The van der Waals surface area contributed by atoms with Crippen molar-refractivity contribution in [2.45, 2.75) is 13.8 Å². The highest BCUT2D eigenvalue weighted by atomic mass is 15.2. The van der Waals surface area contributed by atoms with Crippen LogP contribution in [0.3, 0.4) is 0 Å². The molecule has 0 aliphatic carbocycles. The van der Waals surface area contributed by atoms with E-state index in [4.69, 9.17) is 5.73 Å². The molecule has 108 valence electrons. The van der Waals surface area contributed by atoms with Gasteiger partial charge in [-0.25, -0.2) is 0 Å². The molecule has 0 fully saturated rings. The summed E-state index contributed by atoms with van der Waals surface area (Å²) >= 11 is 0. The van der Waals surface area contributed by atoms with Crippen molar-refractivity contribution in [3.63, 3.8) is 0 Å². The molecule has 22 heavy (non-hydrogen) atoms. The number of nitrogens with zero attached hydrogens (tertiary/aromatic N) is 1. The third-order valence-electron chi connectivity index (χ3n) is 4.37. The summed E-state index contributed by atoms with van der Waals surface area (Å²) in [5.41, 5.74) is 11.8. The van der Waals surface area contributed by atoms with Gasteiger partial charge in [0, 0.05) is 0 Å². The van der Waals surface area contributed by atoms with E-state index >= 15 is 0 Å². The molecular weight excluding hydrogens is 270 g/mol. The van der Waals surface area contributed by atoms with Crippen LogP contribution >= 0.6 is 0 Å². The van der Waals surface area contributed by atoms with E-state index in [0.717, 1.165) is 27.6 Å². The van der Waals surface area contributed by atoms with Crippen LogP contribution in [0.15, 0.2) is 48.5 Å². The Balaban J connectivity index is 2.03. The molecule has 0 amide bonds. The van der Waals surface area contributed by atoms with Gasteiger partial charge in [0.1, 0.15) is 0 Å². The van der Waals surface area contributed by atoms with Crippen LogP contribution in [-0.2, 0) is 0 Å². The number of aryl methyl sites for hydroxylation is 2. The first-order valence-corrected chi connectivity index (χ1v) is 7.38. The van der Waals surface area contributed by atoms with Crippen LogP contribution in [0.4, 0.5) is 5.82 Å². The lowest BCUT2D eigenvalue weighted by molar-refractivity contribution is 1.12. The number of aromatic nitrogens is 2. The maximum Gasteiger partial charge on any atom is 0.153 e. The van der Waals surface area contributed by atoms with Gasteiger partial charge in [-0.15, -0.1) is 0 Å². The molecule has 0 atom stereocenters. The summed E-state index contributed by atoms with van der Waals surface area (Å²) in [6, 6.07) is 17.2. The Bertz CT molecular complexity index is 1010. The lowest BCUT2D eigenvalue weighted by Crippen LogP contribution is -1.88. The van der Waals surface area contributed by atoms with Gasteiger partial charge in [-0.3, -0.25) is 5.10 Å². The van der Waals surface area contributed by atoms with E-state index in [0.29, 0.717) is 5.82 Å². The fourth-order valence-electron chi connectivity index (χ4n) is 3.14. The van der Waals surface area contributed by atoms with Crippen molar-refractivity contribution < 1.29 is 0 Å². The molecule has 0 unspecified atom stereocenters. The number of hydrogen-bond donors (Lipinski definition) is 2. The van der Waals surface area contributed by atoms with Crippen LogP contribution in [0.2, 0.25) is 0 Å². The van der Waals surface area contributed by atoms with Crippen molar-refractivity contribution in [3.05, 3.63) is 59.7 Å².